The van der Waals surface area contributed by atoms with Crippen LogP contribution >= 0.6 is 23.2 Å². The number of rotatable bonds is 2. The van der Waals surface area contributed by atoms with Crippen molar-refractivity contribution < 1.29 is 13.6 Å². The van der Waals surface area contributed by atoms with E-state index in [1.807, 2.05) is 0 Å². The highest BCUT2D eigenvalue weighted by Crippen LogP contribution is 2.26. The first-order chi connectivity index (χ1) is 8.90. The number of ketones is 1. The zero-order valence-electron chi connectivity index (χ0n) is 9.38. The van der Waals surface area contributed by atoms with E-state index in [2.05, 4.69) is 0 Å². The lowest BCUT2D eigenvalue weighted by Crippen LogP contribution is -2.07. The van der Waals surface area contributed by atoms with Crippen LogP contribution in [0.2, 0.25) is 10.0 Å². The molecule has 0 aliphatic heterocycles. The van der Waals surface area contributed by atoms with Crippen LogP contribution in [0.5, 0.6) is 0 Å². The summed E-state index contributed by atoms with van der Waals surface area (Å²) in [5.74, 6) is -2.90. The highest BCUT2D eigenvalue weighted by Gasteiger charge is 2.18. The molecule has 19 heavy (non-hydrogen) atoms. The summed E-state index contributed by atoms with van der Waals surface area (Å²) in [7, 11) is 0. The smallest absolute Gasteiger partial charge is 0.196 e. The van der Waals surface area contributed by atoms with E-state index in [-0.39, 0.29) is 21.8 Å². The van der Waals surface area contributed by atoms with Crippen molar-refractivity contribution in [2.75, 3.05) is 5.73 Å². The van der Waals surface area contributed by atoms with Gasteiger partial charge in [0.25, 0.3) is 0 Å². The Labute approximate surface area is 117 Å². The summed E-state index contributed by atoms with van der Waals surface area (Å²) in [6, 6.07) is 5.78. The lowest BCUT2D eigenvalue weighted by molar-refractivity contribution is 0.103. The maximum absolute atomic E-state index is 13.2. The molecule has 0 aromatic heterocycles. The quantitative estimate of drug-likeness (QED) is 0.516. The third-order valence-corrected chi connectivity index (χ3v) is 3.06. The Hall–Kier alpha value is -1.65. The van der Waals surface area contributed by atoms with Crippen LogP contribution < -0.4 is 5.73 Å². The molecule has 0 aliphatic rings. The van der Waals surface area contributed by atoms with E-state index in [4.69, 9.17) is 28.9 Å². The normalized spacial score (nSPS) is 10.5. The highest BCUT2D eigenvalue weighted by atomic mass is 35.5. The van der Waals surface area contributed by atoms with Gasteiger partial charge in [-0.15, -0.1) is 0 Å². The van der Waals surface area contributed by atoms with Gasteiger partial charge in [0, 0.05) is 21.8 Å². The number of carbonyl (C=O) groups is 1. The molecule has 6 heteroatoms. The fourth-order valence-electron chi connectivity index (χ4n) is 1.57. The van der Waals surface area contributed by atoms with E-state index in [0.717, 1.165) is 12.1 Å². The number of hydrogen-bond donors (Lipinski definition) is 1. The van der Waals surface area contributed by atoms with Crippen molar-refractivity contribution in [3.63, 3.8) is 0 Å². The molecule has 0 saturated heterocycles. The molecule has 98 valence electrons. The Kier molecular flexibility index (Phi) is 3.73. The number of nitrogen functional groups attached to an aromatic ring is 1. The van der Waals surface area contributed by atoms with Gasteiger partial charge in [-0.05, 0) is 30.3 Å². The molecule has 0 spiro atoms. The Bertz CT molecular complexity index is 674. The van der Waals surface area contributed by atoms with Crippen LogP contribution in [0.25, 0.3) is 0 Å². The predicted octanol–water partition coefficient (Wildman–Crippen LogP) is 4.08. The Balaban J connectivity index is 2.56. The van der Waals surface area contributed by atoms with Crippen LogP contribution in [0, 0.1) is 11.6 Å². The molecular formula is C13H7Cl2F2NO. The SMILES string of the molecule is Nc1ccc(Cl)cc1C(=O)c1cc(F)c(F)cc1Cl. The zero-order valence-corrected chi connectivity index (χ0v) is 10.9. The van der Waals surface area contributed by atoms with Gasteiger partial charge >= 0.3 is 0 Å². The zero-order chi connectivity index (χ0) is 14.2. The summed E-state index contributed by atoms with van der Waals surface area (Å²) in [6.45, 7) is 0. The highest BCUT2D eigenvalue weighted by molar-refractivity contribution is 6.35. The van der Waals surface area contributed by atoms with Crippen LogP contribution in [0.3, 0.4) is 0 Å². The van der Waals surface area contributed by atoms with Crippen molar-refractivity contribution in [2.24, 2.45) is 0 Å². The fourth-order valence-corrected chi connectivity index (χ4v) is 1.98. The molecule has 2 rings (SSSR count). The van der Waals surface area contributed by atoms with Crippen LogP contribution in [0.1, 0.15) is 15.9 Å². The van der Waals surface area contributed by atoms with Gasteiger partial charge in [-0.25, -0.2) is 8.78 Å². The molecule has 0 heterocycles. The largest absolute Gasteiger partial charge is 0.398 e. The predicted molar refractivity (Wildman–Crippen MR) is 70.7 cm³/mol. The van der Waals surface area contributed by atoms with Crippen molar-refractivity contribution in [2.45, 2.75) is 0 Å². The van der Waals surface area contributed by atoms with E-state index in [0.29, 0.717) is 5.02 Å². The second kappa shape index (κ2) is 5.15. The van der Waals surface area contributed by atoms with Gasteiger partial charge in [0.05, 0.1) is 5.02 Å². The number of hydrogen-bond acceptors (Lipinski definition) is 2. The lowest BCUT2D eigenvalue weighted by Gasteiger charge is -2.07. The third-order valence-electron chi connectivity index (χ3n) is 2.51. The van der Waals surface area contributed by atoms with Gasteiger partial charge in [-0.2, -0.15) is 0 Å². The van der Waals surface area contributed by atoms with Gasteiger partial charge in [0.15, 0.2) is 17.4 Å². The van der Waals surface area contributed by atoms with Gasteiger partial charge in [0.2, 0.25) is 0 Å². The average molecular weight is 302 g/mol. The van der Waals surface area contributed by atoms with Gasteiger partial charge in [-0.1, -0.05) is 23.2 Å². The van der Waals surface area contributed by atoms with Crippen LogP contribution in [-0.2, 0) is 0 Å². The summed E-state index contributed by atoms with van der Waals surface area (Å²) in [5.41, 5.74) is 5.74. The molecule has 0 unspecified atom stereocenters. The molecule has 2 aromatic rings. The van der Waals surface area contributed by atoms with Crippen LogP contribution in [0.4, 0.5) is 14.5 Å². The maximum Gasteiger partial charge on any atom is 0.196 e. The van der Waals surface area contributed by atoms with Crippen molar-refractivity contribution in [3.8, 4) is 0 Å². The summed E-state index contributed by atoms with van der Waals surface area (Å²) in [6.07, 6.45) is 0. The number of carbonyl (C=O) groups excluding carboxylic acids is 1. The molecule has 0 atom stereocenters. The Morgan fingerprint density at radius 2 is 1.63 bits per heavy atom. The van der Waals surface area contributed by atoms with Crippen molar-refractivity contribution in [3.05, 3.63) is 63.1 Å². The van der Waals surface area contributed by atoms with Gasteiger partial charge in [-0.3, -0.25) is 4.79 Å². The fraction of sp³-hybridized carbons (Fsp3) is 0. The molecule has 0 radical (unpaired) electrons. The number of anilines is 1. The van der Waals surface area contributed by atoms with E-state index in [9.17, 15) is 13.6 Å². The van der Waals surface area contributed by atoms with Crippen molar-refractivity contribution >= 4 is 34.7 Å². The van der Waals surface area contributed by atoms with Gasteiger partial charge < -0.3 is 5.73 Å². The molecule has 0 amide bonds. The minimum atomic E-state index is -1.16. The van der Waals surface area contributed by atoms with Gasteiger partial charge in [0.1, 0.15) is 0 Å². The molecule has 2 aromatic carbocycles. The number of nitrogens with two attached hydrogens (primary N) is 1. The second-order valence-electron chi connectivity index (χ2n) is 3.81. The van der Waals surface area contributed by atoms with Crippen molar-refractivity contribution in [1.82, 2.24) is 0 Å². The standard InChI is InChI=1S/C13H7Cl2F2NO/c14-6-1-2-12(18)8(3-6)13(19)7-4-10(16)11(17)5-9(7)15/h1-5H,18H2. The van der Waals surface area contributed by atoms with E-state index >= 15 is 0 Å². The average Bonchev–Trinajstić information content (AvgIpc) is 2.36. The van der Waals surface area contributed by atoms with Crippen LogP contribution in [-0.4, -0.2) is 5.78 Å². The molecule has 2 N–H and O–H groups in total. The maximum atomic E-state index is 13.2. The monoisotopic (exact) mass is 301 g/mol. The Morgan fingerprint density at radius 3 is 2.32 bits per heavy atom. The summed E-state index contributed by atoms with van der Waals surface area (Å²) in [4.78, 5) is 12.2. The minimum Gasteiger partial charge on any atom is -0.398 e. The molecule has 0 bridgehead atoms. The molecule has 0 aliphatic carbocycles. The number of benzene rings is 2. The second-order valence-corrected chi connectivity index (χ2v) is 4.65. The summed E-state index contributed by atoms with van der Waals surface area (Å²) < 4.78 is 26.1. The minimum absolute atomic E-state index is 0.0837. The first-order valence-electron chi connectivity index (χ1n) is 5.14. The topological polar surface area (TPSA) is 43.1 Å². The first-order valence-corrected chi connectivity index (χ1v) is 5.90. The first kappa shape index (κ1) is 13.8. The molecule has 2 nitrogen and oxygen atoms in total. The van der Waals surface area contributed by atoms with Crippen molar-refractivity contribution in [1.29, 1.82) is 0 Å². The lowest BCUT2D eigenvalue weighted by atomic mass is 10.0. The number of halogens is 4. The third kappa shape index (κ3) is 2.69. The van der Waals surface area contributed by atoms with E-state index in [1.165, 1.54) is 18.2 Å². The van der Waals surface area contributed by atoms with Crippen LogP contribution in [0.15, 0.2) is 30.3 Å². The molecule has 0 fully saturated rings. The van der Waals surface area contributed by atoms with E-state index in [1.54, 1.807) is 0 Å². The van der Waals surface area contributed by atoms with E-state index < -0.39 is 17.4 Å². The molecule has 0 saturated carbocycles. The molecular weight excluding hydrogens is 295 g/mol. The summed E-state index contributed by atoms with van der Waals surface area (Å²) >= 11 is 11.5. The summed E-state index contributed by atoms with van der Waals surface area (Å²) in [5, 5.41) is 0.111. The Morgan fingerprint density at radius 1 is 1.00 bits per heavy atom.